The number of fused-ring (bicyclic) bond motifs is 3. The molecule has 0 saturated heterocycles. The van der Waals surface area contributed by atoms with Crippen molar-refractivity contribution >= 4 is 34.8 Å². The summed E-state index contributed by atoms with van der Waals surface area (Å²) in [5.41, 5.74) is 1.25. The molecule has 2 fully saturated rings. The first-order valence-corrected chi connectivity index (χ1v) is 14.4. The van der Waals surface area contributed by atoms with E-state index in [1.807, 2.05) is 0 Å². The van der Waals surface area contributed by atoms with E-state index in [4.69, 9.17) is 5.73 Å². The van der Waals surface area contributed by atoms with Crippen molar-refractivity contribution in [2.75, 3.05) is 26.0 Å². The van der Waals surface area contributed by atoms with Crippen molar-refractivity contribution in [3.8, 4) is 5.75 Å². The lowest BCUT2D eigenvalue weighted by atomic mass is 9.54. The number of hydrogen-bond acceptors (Lipinski definition) is 11. The Kier molecular flexibility index (Phi) is 7.78. The molecule has 0 aromatic heterocycles. The van der Waals surface area contributed by atoms with Crippen molar-refractivity contribution in [1.29, 1.82) is 0 Å². The minimum atomic E-state index is -2.98. The second kappa shape index (κ2) is 11.0. The maximum atomic E-state index is 14.1. The largest absolute Gasteiger partial charge is 0.508 e. The van der Waals surface area contributed by atoms with Gasteiger partial charge in [0.05, 0.1) is 35.9 Å². The molecule has 2 amide bonds. The predicted octanol–water partition coefficient (Wildman–Crippen LogP) is 0.357. The molecule has 43 heavy (non-hydrogen) atoms. The summed E-state index contributed by atoms with van der Waals surface area (Å²) >= 11 is 0. The first kappa shape index (κ1) is 30.5. The van der Waals surface area contributed by atoms with Gasteiger partial charge in [0.15, 0.2) is 11.4 Å². The molecule has 6 atom stereocenters. The molecule has 232 valence electrons. The van der Waals surface area contributed by atoms with Gasteiger partial charge in [-0.25, -0.2) is 0 Å². The normalized spacial score (nSPS) is 31.0. The summed E-state index contributed by atoms with van der Waals surface area (Å²) in [5.74, 6) is -9.82. The average molecular weight is 599 g/mol. The van der Waals surface area contributed by atoms with Gasteiger partial charge in [0.1, 0.15) is 22.8 Å². The van der Waals surface area contributed by atoms with Crippen molar-refractivity contribution in [2.24, 2.45) is 17.6 Å². The lowest BCUT2D eigenvalue weighted by Gasteiger charge is -2.53. The Labute approximate surface area is 248 Å². The van der Waals surface area contributed by atoms with Gasteiger partial charge in [0, 0.05) is 17.5 Å². The van der Waals surface area contributed by atoms with Crippen LogP contribution in [-0.2, 0) is 19.2 Å². The fourth-order valence-electron chi connectivity index (χ4n) is 7.46. The van der Waals surface area contributed by atoms with Gasteiger partial charge < -0.3 is 41.9 Å². The van der Waals surface area contributed by atoms with Crippen LogP contribution in [0.4, 0.5) is 5.69 Å². The first-order chi connectivity index (χ1) is 20.2. The highest BCUT2D eigenvalue weighted by Crippen LogP contribution is 2.56. The number of nitrogens with one attached hydrogen (secondary N) is 2. The van der Waals surface area contributed by atoms with Gasteiger partial charge in [-0.15, -0.1) is 0 Å². The molecule has 9 N–H and O–H groups in total. The number of aliphatic hydroxyl groups excluding tert-OH is 3. The molecule has 1 aromatic carbocycles. The fourth-order valence-corrected chi connectivity index (χ4v) is 7.46. The Bertz CT molecular complexity index is 1460. The van der Waals surface area contributed by atoms with E-state index in [9.17, 15) is 44.7 Å². The van der Waals surface area contributed by atoms with Gasteiger partial charge in [-0.2, -0.15) is 0 Å². The number of phenols is 1. The van der Waals surface area contributed by atoms with Crippen LogP contribution < -0.4 is 16.4 Å². The lowest BCUT2D eigenvalue weighted by Crippen LogP contribution is -2.70. The molecule has 13 nitrogen and oxygen atoms in total. The number of anilines is 1. The zero-order valence-electron chi connectivity index (χ0n) is 24.3. The molecule has 5 rings (SSSR count). The molecule has 0 aliphatic heterocycles. The number of aromatic hydroxyl groups is 1. The molecule has 0 bridgehead atoms. The van der Waals surface area contributed by atoms with Crippen molar-refractivity contribution in [3.63, 3.8) is 0 Å². The highest BCUT2D eigenvalue weighted by Gasteiger charge is 2.68. The van der Waals surface area contributed by atoms with Gasteiger partial charge in [-0.1, -0.05) is 32.3 Å². The van der Waals surface area contributed by atoms with E-state index < -0.39 is 81.4 Å². The number of benzene rings is 1. The smallest absolute Gasteiger partial charge is 0.255 e. The summed E-state index contributed by atoms with van der Waals surface area (Å²) in [5, 5.41) is 62.9. The van der Waals surface area contributed by atoms with Crippen LogP contribution >= 0.6 is 0 Å². The molecular weight excluding hydrogens is 560 g/mol. The number of amides is 2. The van der Waals surface area contributed by atoms with Crippen molar-refractivity contribution in [2.45, 2.75) is 68.7 Å². The van der Waals surface area contributed by atoms with E-state index in [0.29, 0.717) is 5.56 Å². The molecule has 2 saturated carbocycles. The Morgan fingerprint density at radius 2 is 1.74 bits per heavy atom. The molecule has 0 spiro atoms. The quantitative estimate of drug-likeness (QED) is 0.165. The molecule has 0 heterocycles. The highest BCUT2D eigenvalue weighted by atomic mass is 16.4. The molecular formula is C30H38N4O9. The number of nitrogens with two attached hydrogens (primary N) is 1. The first-order valence-electron chi connectivity index (χ1n) is 14.4. The molecule has 0 radical (unpaired) electrons. The molecule has 1 aromatic rings. The van der Waals surface area contributed by atoms with E-state index in [1.54, 1.807) is 13.0 Å². The summed E-state index contributed by atoms with van der Waals surface area (Å²) in [6.07, 6.45) is 3.37. The third kappa shape index (κ3) is 4.57. The SMILES string of the molecule is C[C@@H]1c2ccc(NCC(=O)NC3CCCCC3)c(O)c2C(O)=C2C(=O)[C@@]3(O)C(O)=C(C(N)=O)C(=O)[C@@H](N(C)C)[C@H]3[C@H](O)[C@H]21. The fraction of sp³-hybridized carbons (Fsp3) is 0.533. The lowest BCUT2D eigenvalue weighted by molar-refractivity contribution is -0.169. The van der Waals surface area contributed by atoms with Gasteiger partial charge >= 0.3 is 0 Å². The van der Waals surface area contributed by atoms with Gasteiger partial charge in [-0.3, -0.25) is 24.1 Å². The summed E-state index contributed by atoms with van der Waals surface area (Å²) in [6, 6.07) is 1.78. The monoisotopic (exact) mass is 598 g/mol. The van der Waals surface area contributed by atoms with Crippen LogP contribution in [0.5, 0.6) is 5.75 Å². The molecule has 4 aliphatic rings. The van der Waals surface area contributed by atoms with Crippen LogP contribution in [-0.4, -0.2) is 98.2 Å². The predicted molar refractivity (Wildman–Crippen MR) is 154 cm³/mol. The number of hydrogen-bond donors (Lipinski definition) is 8. The number of phenolic OH excluding ortho intramolecular Hbond substituents is 1. The van der Waals surface area contributed by atoms with Crippen LogP contribution in [0.3, 0.4) is 0 Å². The minimum absolute atomic E-state index is 0.0906. The van der Waals surface area contributed by atoms with Crippen LogP contribution in [0.15, 0.2) is 29.0 Å². The van der Waals surface area contributed by atoms with E-state index >= 15 is 0 Å². The number of primary amides is 1. The molecule has 0 unspecified atom stereocenters. The third-order valence-electron chi connectivity index (χ3n) is 9.54. The van der Waals surface area contributed by atoms with Crippen molar-refractivity contribution in [1.82, 2.24) is 10.2 Å². The Morgan fingerprint density at radius 3 is 2.35 bits per heavy atom. The zero-order chi connectivity index (χ0) is 31.5. The summed E-state index contributed by atoms with van der Waals surface area (Å²) < 4.78 is 0. The molecule has 13 heteroatoms. The maximum absolute atomic E-state index is 14.1. The van der Waals surface area contributed by atoms with E-state index in [2.05, 4.69) is 10.6 Å². The number of nitrogens with zero attached hydrogens (tertiary/aromatic N) is 1. The summed E-state index contributed by atoms with van der Waals surface area (Å²) in [6.45, 7) is 1.49. The van der Waals surface area contributed by atoms with Crippen molar-refractivity contribution < 1.29 is 44.7 Å². The van der Waals surface area contributed by atoms with E-state index in [1.165, 1.54) is 25.1 Å². The van der Waals surface area contributed by atoms with Crippen molar-refractivity contribution in [3.05, 3.63) is 40.2 Å². The third-order valence-corrected chi connectivity index (χ3v) is 9.54. The second-order valence-corrected chi connectivity index (χ2v) is 12.2. The highest BCUT2D eigenvalue weighted by molar-refractivity contribution is 6.24. The number of carbonyl (C=O) groups is 4. The van der Waals surface area contributed by atoms with Crippen LogP contribution in [0.1, 0.15) is 56.1 Å². The standard InChI is InChI=1S/C30H38N4O9/c1-12-14-9-10-15(32-11-16(35)33-13-7-5-4-6-8-13)23(36)18(14)24(37)19-17(12)25(38)21-22(34(2)3)26(39)20(29(31)42)28(41)30(21,43)27(19)40/h9-10,12-13,17,21-22,25,32,36-38,41,43H,4-8,11H2,1-3H3,(H2,31,42)(H,33,35)/t12-,17+,21+,22+,25-,30-/m1/s1. The van der Waals surface area contributed by atoms with E-state index in [-0.39, 0.29) is 29.7 Å². The van der Waals surface area contributed by atoms with Crippen LogP contribution in [0.2, 0.25) is 0 Å². The zero-order valence-corrected chi connectivity index (χ0v) is 24.3. The minimum Gasteiger partial charge on any atom is -0.508 e. The number of rotatable bonds is 6. The Hall–Kier alpha value is -3.94. The summed E-state index contributed by atoms with van der Waals surface area (Å²) in [4.78, 5) is 53.3. The number of likely N-dealkylation sites (N-methyl/N-ethyl adjacent to an activating group) is 1. The van der Waals surface area contributed by atoms with Gasteiger partial charge in [0.25, 0.3) is 5.91 Å². The Balaban J connectivity index is 1.55. The number of carbonyl (C=O) groups excluding carboxylic acids is 4. The topological polar surface area (TPSA) is 223 Å². The van der Waals surface area contributed by atoms with Gasteiger partial charge in [0.2, 0.25) is 11.7 Å². The maximum Gasteiger partial charge on any atom is 0.255 e. The van der Waals surface area contributed by atoms with Gasteiger partial charge in [-0.05, 0) is 44.5 Å². The number of Topliss-reactive ketones (excluding diaryl/α,β-unsaturated/α-hetero) is 2. The summed E-state index contributed by atoms with van der Waals surface area (Å²) in [7, 11) is 2.90. The average Bonchev–Trinajstić information content (AvgIpc) is 2.94. The Morgan fingerprint density at radius 1 is 1.09 bits per heavy atom. The molecule has 4 aliphatic carbocycles. The number of ketones is 2. The van der Waals surface area contributed by atoms with Crippen LogP contribution in [0.25, 0.3) is 5.76 Å². The number of aliphatic hydroxyl groups is 4. The van der Waals surface area contributed by atoms with Crippen LogP contribution in [0, 0.1) is 11.8 Å². The van der Waals surface area contributed by atoms with E-state index in [0.717, 1.165) is 32.1 Å². The second-order valence-electron chi connectivity index (χ2n) is 12.2.